The Bertz CT molecular complexity index is 561. The number of aliphatic hydroxyl groups is 1. The summed E-state index contributed by atoms with van der Waals surface area (Å²) in [6, 6.07) is 7.40. The second-order valence-corrected chi connectivity index (χ2v) is 5.90. The molecule has 0 aliphatic carbocycles. The number of carboxylic acids is 1. The fourth-order valence-electron chi connectivity index (χ4n) is 2.92. The van der Waals surface area contributed by atoms with Gasteiger partial charge in [0.05, 0.1) is 13.0 Å². The third-order valence-electron chi connectivity index (χ3n) is 4.52. The maximum absolute atomic E-state index is 12.7. The zero-order chi connectivity index (χ0) is 17.0. The summed E-state index contributed by atoms with van der Waals surface area (Å²) in [5.41, 5.74) is -0.795. The number of hydrogen-bond acceptors (Lipinski definition) is 4. The van der Waals surface area contributed by atoms with Gasteiger partial charge in [-0.05, 0) is 24.1 Å². The van der Waals surface area contributed by atoms with E-state index in [9.17, 15) is 14.7 Å². The summed E-state index contributed by atoms with van der Waals surface area (Å²) in [5.74, 6) is -0.769. The highest BCUT2D eigenvalue weighted by molar-refractivity contribution is 5.84. The highest BCUT2D eigenvalue weighted by Gasteiger charge is 2.41. The van der Waals surface area contributed by atoms with Crippen LogP contribution in [0.25, 0.3) is 0 Å². The summed E-state index contributed by atoms with van der Waals surface area (Å²) in [6.45, 7) is 2.47. The molecule has 1 heterocycles. The topological polar surface area (TPSA) is 87.1 Å². The number of carbonyl (C=O) groups excluding carboxylic acids is 1. The summed E-state index contributed by atoms with van der Waals surface area (Å²) in [7, 11) is 1.59. The molecule has 1 unspecified atom stereocenters. The number of hydrogen-bond donors (Lipinski definition) is 2. The lowest BCUT2D eigenvalue weighted by Gasteiger charge is -2.37. The molecule has 1 aromatic carbocycles. The monoisotopic (exact) mass is 321 g/mol. The molecule has 1 aliphatic rings. The van der Waals surface area contributed by atoms with E-state index < -0.39 is 11.6 Å². The third kappa shape index (κ3) is 3.64. The molecule has 23 heavy (non-hydrogen) atoms. The Hall–Kier alpha value is -2.08. The molecule has 2 rings (SSSR count). The lowest BCUT2D eigenvalue weighted by Crippen LogP contribution is -2.51. The van der Waals surface area contributed by atoms with Gasteiger partial charge in [0.25, 0.3) is 0 Å². The zero-order valence-corrected chi connectivity index (χ0v) is 13.5. The Morgan fingerprint density at radius 3 is 2.26 bits per heavy atom. The van der Waals surface area contributed by atoms with Crippen molar-refractivity contribution in [1.82, 2.24) is 4.90 Å². The van der Waals surface area contributed by atoms with Gasteiger partial charge in [-0.1, -0.05) is 19.1 Å². The predicted molar refractivity (Wildman–Crippen MR) is 84.4 cm³/mol. The van der Waals surface area contributed by atoms with Crippen LogP contribution in [-0.4, -0.2) is 52.8 Å². The molecule has 2 N–H and O–H groups in total. The molecule has 1 fully saturated rings. The molecule has 126 valence electrons. The van der Waals surface area contributed by atoms with Gasteiger partial charge >= 0.3 is 5.97 Å². The lowest BCUT2D eigenvalue weighted by atomic mass is 9.89. The summed E-state index contributed by atoms with van der Waals surface area (Å²) < 4.78 is 5.13. The first-order chi connectivity index (χ1) is 10.9. The first kappa shape index (κ1) is 17.3. The standard InChI is InChI=1S/C17H23NO5/c1-3-14(12-4-6-13(23-2)7-5-12)15(19)18-10-8-17(22,9-11-18)16(20)21/h4-7,14,22H,3,8-11H2,1-2H3,(H,20,21). The molecule has 0 spiro atoms. The average Bonchev–Trinajstić information content (AvgIpc) is 2.56. The molecule has 6 heteroatoms. The van der Waals surface area contributed by atoms with Gasteiger partial charge in [-0.3, -0.25) is 4.79 Å². The summed E-state index contributed by atoms with van der Waals surface area (Å²) in [5, 5.41) is 19.0. The second kappa shape index (κ2) is 7.00. The molecule has 1 amide bonds. The maximum atomic E-state index is 12.7. The van der Waals surface area contributed by atoms with Crippen molar-refractivity contribution < 1.29 is 24.5 Å². The SMILES string of the molecule is CCC(C(=O)N1CCC(O)(C(=O)O)CC1)c1ccc(OC)cc1. The van der Waals surface area contributed by atoms with Crippen molar-refractivity contribution in [3.63, 3.8) is 0 Å². The minimum atomic E-state index is -1.71. The van der Waals surface area contributed by atoms with E-state index in [4.69, 9.17) is 9.84 Å². The summed E-state index contributed by atoms with van der Waals surface area (Å²) in [6.07, 6.45) is 0.783. The van der Waals surface area contributed by atoms with E-state index in [0.717, 1.165) is 11.3 Å². The minimum absolute atomic E-state index is 0.0231. The van der Waals surface area contributed by atoms with Crippen molar-refractivity contribution in [1.29, 1.82) is 0 Å². The van der Waals surface area contributed by atoms with Crippen LogP contribution >= 0.6 is 0 Å². The average molecular weight is 321 g/mol. The van der Waals surface area contributed by atoms with Crippen molar-refractivity contribution in [3.8, 4) is 5.75 Å². The molecule has 1 aromatic rings. The van der Waals surface area contributed by atoms with Gasteiger partial charge in [0.2, 0.25) is 5.91 Å². The van der Waals surface area contributed by atoms with Crippen LogP contribution in [-0.2, 0) is 9.59 Å². The van der Waals surface area contributed by atoms with Crippen molar-refractivity contribution in [2.24, 2.45) is 0 Å². The predicted octanol–water partition coefficient (Wildman–Crippen LogP) is 1.63. The highest BCUT2D eigenvalue weighted by Crippen LogP contribution is 2.28. The van der Waals surface area contributed by atoms with E-state index in [2.05, 4.69) is 0 Å². The zero-order valence-electron chi connectivity index (χ0n) is 13.5. The molecule has 6 nitrogen and oxygen atoms in total. The Balaban J connectivity index is 2.07. The van der Waals surface area contributed by atoms with Crippen molar-refractivity contribution in [2.75, 3.05) is 20.2 Å². The van der Waals surface area contributed by atoms with Gasteiger partial charge in [0.15, 0.2) is 5.60 Å². The lowest BCUT2D eigenvalue weighted by molar-refractivity contribution is -0.165. The number of amides is 1. The fourth-order valence-corrected chi connectivity index (χ4v) is 2.92. The quantitative estimate of drug-likeness (QED) is 0.860. The van der Waals surface area contributed by atoms with Crippen LogP contribution in [0.1, 0.15) is 37.7 Å². The number of carbonyl (C=O) groups is 2. The number of methoxy groups -OCH3 is 1. The van der Waals surface area contributed by atoms with Crippen LogP contribution in [0.2, 0.25) is 0 Å². The molecule has 0 bridgehead atoms. The highest BCUT2D eigenvalue weighted by atomic mass is 16.5. The van der Waals surface area contributed by atoms with Crippen LogP contribution in [0, 0.1) is 0 Å². The van der Waals surface area contributed by atoms with Gasteiger partial charge in [0, 0.05) is 25.9 Å². The molecule has 0 radical (unpaired) electrons. The molecule has 1 atom stereocenters. The van der Waals surface area contributed by atoms with Crippen LogP contribution in [0.5, 0.6) is 5.75 Å². The number of aliphatic carboxylic acids is 1. The molecule has 0 saturated carbocycles. The molecule has 1 aliphatic heterocycles. The van der Waals surface area contributed by atoms with Crippen molar-refractivity contribution in [2.45, 2.75) is 37.7 Å². The maximum Gasteiger partial charge on any atom is 0.335 e. The Labute approximate surface area is 135 Å². The van der Waals surface area contributed by atoms with Crippen molar-refractivity contribution >= 4 is 11.9 Å². The fraction of sp³-hybridized carbons (Fsp3) is 0.529. The van der Waals surface area contributed by atoms with Gasteiger partial charge in [-0.25, -0.2) is 4.79 Å². The smallest absolute Gasteiger partial charge is 0.335 e. The van der Waals surface area contributed by atoms with Crippen LogP contribution in [0.15, 0.2) is 24.3 Å². The van der Waals surface area contributed by atoms with Crippen LogP contribution in [0.3, 0.4) is 0 Å². The summed E-state index contributed by atoms with van der Waals surface area (Å²) in [4.78, 5) is 25.4. The van der Waals surface area contributed by atoms with E-state index in [1.807, 2.05) is 31.2 Å². The van der Waals surface area contributed by atoms with Crippen LogP contribution < -0.4 is 4.74 Å². The minimum Gasteiger partial charge on any atom is -0.497 e. The number of piperidine rings is 1. The normalized spacial score (nSPS) is 18.3. The van der Waals surface area contributed by atoms with Gasteiger partial charge in [0.1, 0.15) is 5.75 Å². The Morgan fingerprint density at radius 1 is 1.26 bits per heavy atom. The number of nitrogens with zero attached hydrogens (tertiary/aromatic N) is 1. The summed E-state index contributed by atoms with van der Waals surface area (Å²) >= 11 is 0. The first-order valence-electron chi connectivity index (χ1n) is 7.80. The van der Waals surface area contributed by atoms with E-state index in [1.54, 1.807) is 12.0 Å². The van der Waals surface area contributed by atoms with Gasteiger partial charge in [-0.15, -0.1) is 0 Å². The number of ether oxygens (including phenoxy) is 1. The van der Waals surface area contributed by atoms with E-state index in [1.165, 1.54) is 0 Å². The van der Waals surface area contributed by atoms with Gasteiger partial charge in [-0.2, -0.15) is 0 Å². The van der Waals surface area contributed by atoms with E-state index >= 15 is 0 Å². The second-order valence-electron chi connectivity index (χ2n) is 5.90. The number of carboxylic acid groups (broad SMARTS) is 1. The number of likely N-dealkylation sites (tertiary alicyclic amines) is 1. The molecule has 1 saturated heterocycles. The Morgan fingerprint density at radius 2 is 1.83 bits per heavy atom. The van der Waals surface area contributed by atoms with E-state index in [0.29, 0.717) is 6.42 Å². The van der Waals surface area contributed by atoms with Crippen LogP contribution in [0.4, 0.5) is 0 Å². The largest absolute Gasteiger partial charge is 0.497 e. The van der Waals surface area contributed by atoms with E-state index in [-0.39, 0.29) is 37.8 Å². The molecular weight excluding hydrogens is 298 g/mol. The number of rotatable bonds is 5. The molecular formula is C17H23NO5. The van der Waals surface area contributed by atoms with Crippen molar-refractivity contribution in [3.05, 3.63) is 29.8 Å². The molecule has 0 aromatic heterocycles. The first-order valence-corrected chi connectivity index (χ1v) is 7.80. The van der Waals surface area contributed by atoms with Gasteiger partial charge < -0.3 is 19.8 Å². The Kier molecular flexibility index (Phi) is 5.26. The third-order valence-corrected chi connectivity index (χ3v) is 4.52. The number of benzene rings is 1.